The van der Waals surface area contributed by atoms with E-state index in [-0.39, 0.29) is 15.7 Å². The van der Waals surface area contributed by atoms with Gasteiger partial charge in [0.15, 0.2) is 6.29 Å². The Labute approximate surface area is 81.1 Å². The summed E-state index contributed by atoms with van der Waals surface area (Å²) in [5.41, 5.74) is 4.94. The fourth-order valence-corrected chi connectivity index (χ4v) is 1.40. The van der Waals surface area contributed by atoms with Gasteiger partial charge in [-0.1, -0.05) is 0 Å². The zero-order valence-corrected chi connectivity index (χ0v) is 7.88. The molecule has 1 heterocycles. The van der Waals surface area contributed by atoms with E-state index in [0.717, 1.165) is 6.20 Å². The zero-order chi connectivity index (χ0) is 10.0. The standard InChI is InChI=1S/C7H5BrF2N2O/c8-5-3(2-13)4(11)1-12-6(5)7(9)10/h1-2,7H,11H2. The molecule has 0 aliphatic heterocycles. The summed E-state index contributed by atoms with van der Waals surface area (Å²) in [6, 6.07) is 0. The van der Waals surface area contributed by atoms with Crippen LogP contribution in [0.2, 0.25) is 0 Å². The van der Waals surface area contributed by atoms with Gasteiger partial charge in [0.1, 0.15) is 5.69 Å². The third kappa shape index (κ3) is 1.82. The van der Waals surface area contributed by atoms with Gasteiger partial charge in [0.05, 0.1) is 21.9 Å². The summed E-state index contributed by atoms with van der Waals surface area (Å²) in [6.45, 7) is 0. The summed E-state index contributed by atoms with van der Waals surface area (Å²) >= 11 is 2.84. The maximum absolute atomic E-state index is 12.2. The van der Waals surface area contributed by atoms with Gasteiger partial charge in [-0.15, -0.1) is 0 Å². The van der Waals surface area contributed by atoms with Gasteiger partial charge < -0.3 is 5.73 Å². The third-order valence-corrected chi connectivity index (χ3v) is 2.27. The molecule has 1 rings (SSSR count). The second kappa shape index (κ2) is 3.78. The smallest absolute Gasteiger partial charge is 0.281 e. The van der Waals surface area contributed by atoms with Crippen LogP contribution < -0.4 is 5.73 Å². The lowest BCUT2D eigenvalue weighted by Gasteiger charge is -2.05. The fourth-order valence-electron chi connectivity index (χ4n) is 0.802. The largest absolute Gasteiger partial charge is 0.397 e. The number of pyridine rings is 1. The van der Waals surface area contributed by atoms with Gasteiger partial charge in [0, 0.05) is 0 Å². The van der Waals surface area contributed by atoms with Gasteiger partial charge in [0.2, 0.25) is 0 Å². The molecule has 0 atom stereocenters. The Morgan fingerprint density at radius 1 is 1.62 bits per heavy atom. The van der Waals surface area contributed by atoms with E-state index in [1.807, 2.05) is 0 Å². The van der Waals surface area contributed by atoms with Crippen LogP contribution in [0.3, 0.4) is 0 Å². The first-order chi connectivity index (χ1) is 6.07. The van der Waals surface area contributed by atoms with Crippen LogP contribution in [0.25, 0.3) is 0 Å². The number of nitrogens with zero attached hydrogens (tertiary/aromatic N) is 1. The minimum atomic E-state index is -2.73. The first kappa shape index (κ1) is 10.0. The normalized spacial score (nSPS) is 10.5. The molecule has 0 saturated carbocycles. The molecule has 0 unspecified atom stereocenters. The van der Waals surface area contributed by atoms with Gasteiger partial charge >= 0.3 is 0 Å². The van der Waals surface area contributed by atoms with Crippen molar-refractivity contribution in [3.63, 3.8) is 0 Å². The highest BCUT2D eigenvalue weighted by Crippen LogP contribution is 2.29. The van der Waals surface area contributed by atoms with E-state index in [9.17, 15) is 13.6 Å². The number of rotatable bonds is 2. The number of carbonyl (C=O) groups excluding carboxylic acids is 1. The molecule has 1 aromatic heterocycles. The quantitative estimate of drug-likeness (QED) is 0.819. The van der Waals surface area contributed by atoms with E-state index in [4.69, 9.17) is 5.73 Å². The first-order valence-corrected chi connectivity index (χ1v) is 4.04. The van der Waals surface area contributed by atoms with Crippen molar-refractivity contribution in [2.75, 3.05) is 5.73 Å². The number of hydrogen-bond donors (Lipinski definition) is 1. The van der Waals surface area contributed by atoms with Gasteiger partial charge in [0.25, 0.3) is 6.43 Å². The molecule has 0 aliphatic rings. The summed E-state index contributed by atoms with van der Waals surface area (Å²) in [7, 11) is 0. The van der Waals surface area contributed by atoms with Crippen LogP contribution >= 0.6 is 15.9 Å². The monoisotopic (exact) mass is 250 g/mol. The van der Waals surface area contributed by atoms with E-state index in [0.29, 0.717) is 6.29 Å². The number of hydrogen-bond acceptors (Lipinski definition) is 3. The predicted octanol–water partition coefficient (Wildman–Crippen LogP) is 2.18. The first-order valence-electron chi connectivity index (χ1n) is 3.25. The molecule has 13 heavy (non-hydrogen) atoms. The Kier molecular flexibility index (Phi) is 2.92. The molecule has 0 bridgehead atoms. The van der Waals surface area contributed by atoms with E-state index in [1.54, 1.807) is 0 Å². The number of aldehydes is 1. The molecule has 70 valence electrons. The summed E-state index contributed by atoms with van der Waals surface area (Å²) in [5.74, 6) is 0. The number of aromatic nitrogens is 1. The molecule has 0 amide bonds. The molecular formula is C7H5BrF2N2O. The van der Waals surface area contributed by atoms with E-state index >= 15 is 0 Å². The number of anilines is 1. The SMILES string of the molecule is Nc1cnc(C(F)F)c(Br)c1C=O. The Balaban J connectivity index is 3.35. The molecule has 0 aliphatic carbocycles. The van der Waals surface area contributed by atoms with Crippen LogP contribution in [0, 0.1) is 0 Å². The maximum atomic E-state index is 12.2. The lowest BCUT2D eigenvalue weighted by molar-refractivity contribution is 0.112. The van der Waals surface area contributed by atoms with Gasteiger partial charge in [-0.3, -0.25) is 9.78 Å². The highest BCUT2D eigenvalue weighted by atomic mass is 79.9. The highest BCUT2D eigenvalue weighted by Gasteiger charge is 2.17. The lowest BCUT2D eigenvalue weighted by atomic mass is 10.2. The van der Waals surface area contributed by atoms with Crippen LogP contribution in [-0.4, -0.2) is 11.3 Å². The molecule has 2 N–H and O–H groups in total. The number of alkyl halides is 2. The molecular weight excluding hydrogens is 246 g/mol. The zero-order valence-electron chi connectivity index (χ0n) is 6.30. The topological polar surface area (TPSA) is 56.0 Å². The van der Waals surface area contributed by atoms with Crippen molar-refractivity contribution in [1.82, 2.24) is 4.98 Å². The molecule has 0 saturated heterocycles. The van der Waals surface area contributed by atoms with Gasteiger partial charge in [-0.2, -0.15) is 0 Å². The van der Waals surface area contributed by atoms with E-state index in [2.05, 4.69) is 20.9 Å². The average molecular weight is 251 g/mol. The lowest BCUT2D eigenvalue weighted by Crippen LogP contribution is -2.01. The molecule has 0 radical (unpaired) electrons. The second-order valence-corrected chi connectivity index (χ2v) is 3.04. The van der Waals surface area contributed by atoms with Crippen molar-refractivity contribution in [1.29, 1.82) is 0 Å². The van der Waals surface area contributed by atoms with Crippen molar-refractivity contribution < 1.29 is 13.6 Å². The molecule has 0 spiro atoms. The molecule has 0 fully saturated rings. The highest BCUT2D eigenvalue weighted by molar-refractivity contribution is 9.10. The minimum absolute atomic E-state index is 0.00491. The second-order valence-electron chi connectivity index (χ2n) is 2.24. The van der Waals surface area contributed by atoms with Crippen molar-refractivity contribution in [3.8, 4) is 0 Å². The number of nitrogen functional groups attached to an aromatic ring is 1. The summed E-state index contributed by atoms with van der Waals surface area (Å²) < 4.78 is 24.4. The Morgan fingerprint density at radius 3 is 2.69 bits per heavy atom. The number of nitrogens with two attached hydrogens (primary N) is 1. The van der Waals surface area contributed by atoms with Crippen LogP contribution in [-0.2, 0) is 0 Å². The summed E-state index contributed by atoms with van der Waals surface area (Å²) in [5, 5.41) is 0. The maximum Gasteiger partial charge on any atom is 0.281 e. The van der Waals surface area contributed by atoms with Crippen LogP contribution in [0.1, 0.15) is 22.5 Å². The average Bonchev–Trinajstić information content (AvgIpc) is 2.04. The third-order valence-electron chi connectivity index (χ3n) is 1.44. The Hall–Kier alpha value is -1.04. The molecule has 0 aromatic carbocycles. The Bertz CT molecular complexity index is 344. The van der Waals surface area contributed by atoms with Gasteiger partial charge in [-0.25, -0.2) is 8.78 Å². The van der Waals surface area contributed by atoms with Crippen molar-refractivity contribution in [2.24, 2.45) is 0 Å². The van der Waals surface area contributed by atoms with Crippen molar-refractivity contribution >= 4 is 27.9 Å². The summed E-state index contributed by atoms with van der Waals surface area (Å²) in [6.07, 6.45) is -1.28. The summed E-state index contributed by atoms with van der Waals surface area (Å²) in [4.78, 5) is 13.8. The predicted molar refractivity (Wildman–Crippen MR) is 46.7 cm³/mol. The molecule has 1 aromatic rings. The van der Waals surface area contributed by atoms with Crippen molar-refractivity contribution in [3.05, 3.63) is 21.9 Å². The van der Waals surface area contributed by atoms with Crippen molar-refractivity contribution in [2.45, 2.75) is 6.43 Å². The minimum Gasteiger partial charge on any atom is -0.397 e. The van der Waals surface area contributed by atoms with E-state index in [1.165, 1.54) is 0 Å². The van der Waals surface area contributed by atoms with E-state index < -0.39 is 12.1 Å². The molecule has 6 heteroatoms. The number of halogens is 3. The Morgan fingerprint density at radius 2 is 2.23 bits per heavy atom. The van der Waals surface area contributed by atoms with Crippen LogP contribution in [0.4, 0.5) is 14.5 Å². The molecule has 3 nitrogen and oxygen atoms in total. The van der Waals surface area contributed by atoms with Crippen LogP contribution in [0.15, 0.2) is 10.7 Å². The van der Waals surface area contributed by atoms with Crippen LogP contribution in [0.5, 0.6) is 0 Å². The number of carbonyl (C=O) groups is 1. The fraction of sp³-hybridized carbons (Fsp3) is 0.143. The van der Waals surface area contributed by atoms with Gasteiger partial charge in [-0.05, 0) is 15.9 Å².